The van der Waals surface area contributed by atoms with Crippen molar-refractivity contribution < 1.29 is 23.9 Å². The quantitative estimate of drug-likeness (QED) is 0.0994. The minimum absolute atomic E-state index is 0.123. The van der Waals surface area contributed by atoms with E-state index in [4.69, 9.17) is 51.1 Å². The molecule has 4 aliphatic rings. The molecule has 1 aliphatic heterocycles. The topological polar surface area (TPSA) is 80.8 Å². The van der Waals surface area contributed by atoms with Gasteiger partial charge in [0.05, 0.1) is 28.1 Å². The van der Waals surface area contributed by atoms with E-state index >= 15 is 0 Å². The fourth-order valence-corrected chi connectivity index (χ4v) is 8.29. The third kappa shape index (κ3) is 3.87. The molecule has 0 spiro atoms. The number of carbonyl (C=O) groups excluding carboxylic acids is 4. The van der Waals surface area contributed by atoms with E-state index < -0.39 is 51.8 Å². The van der Waals surface area contributed by atoms with E-state index in [1.54, 1.807) is 0 Å². The van der Waals surface area contributed by atoms with Crippen molar-refractivity contribution in [2.75, 3.05) is 11.5 Å². The van der Waals surface area contributed by atoms with Crippen molar-refractivity contribution in [3.05, 3.63) is 134 Å². The van der Waals surface area contributed by atoms with Gasteiger partial charge in [-0.3, -0.25) is 14.4 Å². The Bertz CT molecular complexity index is 1770. The van der Waals surface area contributed by atoms with Crippen LogP contribution in [0.5, 0.6) is 0 Å². The maximum atomic E-state index is 14.1. The predicted molar refractivity (Wildman–Crippen MR) is 163 cm³/mol. The van der Waals surface area contributed by atoms with Gasteiger partial charge in [-0.25, -0.2) is 9.69 Å². The molecular weight excluding hydrogens is 632 g/mol. The van der Waals surface area contributed by atoms with Crippen molar-refractivity contribution in [1.29, 1.82) is 0 Å². The Kier molecular flexibility index (Phi) is 6.49. The molecule has 0 radical (unpaired) electrons. The van der Waals surface area contributed by atoms with E-state index in [1.165, 1.54) is 42.5 Å². The molecule has 6 nitrogen and oxygen atoms in total. The minimum Gasteiger partial charge on any atom is -0.454 e. The molecule has 0 aromatic heterocycles. The number of amides is 2. The highest BCUT2D eigenvalue weighted by Gasteiger charge is 2.73. The minimum atomic E-state index is -1.29. The zero-order chi connectivity index (χ0) is 30.3. The summed E-state index contributed by atoms with van der Waals surface area (Å²) in [6.45, 7) is -0.537. The SMILES string of the molecule is O=C(OCC(=O)c1ccc(Cl)cc1Cl)c1ccc(N2C(=O)[C@@H]3[C@H](C2=O)C2(Cl)c4ccccc4C3(Cl)c3ccccc32)cc1. The summed E-state index contributed by atoms with van der Waals surface area (Å²) < 4.78 is 5.19. The van der Waals surface area contributed by atoms with Crippen molar-refractivity contribution in [3.8, 4) is 0 Å². The van der Waals surface area contributed by atoms with Gasteiger partial charge in [-0.2, -0.15) is 0 Å². The first-order valence-electron chi connectivity index (χ1n) is 13.3. The fourth-order valence-electron chi connectivity index (χ4n) is 6.68. The third-order valence-corrected chi connectivity index (χ3v) is 10.3. The molecule has 3 aliphatic carbocycles. The Balaban J connectivity index is 1.17. The lowest BCUT2D eigenvalue weighted by Crippen LogP contribution is -2.57. The second kappa shape index (κ2) is 9.93. The number of benzene rings is 4. The Morgan fingerprint density at radius 1 is 0.721 bits per heavy atom. The van der Waals surface area contributed by atoms with Crippen LogP contribution >= 0.6 is 46.4 Å². The average molecular weight is 651 g/mol. The maximum absolute atomic E-state index is 14.1. The smallest absolute Gasteiger partial charge is 0.338 e. The third-order valence-electron chi connectivity index (χ3n) is 8.51. The van der Waals surface area contributed by atoms with Crippen LogP contribution in [0.4, 0.5) is 5.69 Å². The molecule has 2 bridgehead atoms. The number of carbonyl (C=O) groups is 4. The number of anilines is 1. The van der Waals surface area contributed by atoms with Crippen molar-refractivity contribution in [2.24, 2.45) is 11.8 Å². The van der Waals surface area contributed by atoms with Crippen LogP contribution in [0.2, 0.25) is 10.0 Å². The second-order valence-corrected chi connectivity index (χ2v) is 12.7. The Hall–Kier alpha value is -3.68. The van der Waals surface area contributed by atoms with Crippen LogP contribution in [0.1, 0.15) is 43.0 Å². The molecule has 4 aromatic carbocycles. The highest BCUT2D eigenvalue weighted by atomic mass is 35.5. The van der Waals surface area contributed by atoms with Gasteiger partial charge in [0.1, 0.15) is 9.75 Å². The van der Waals surface area contributed by atoms with Gasteiger partial charge in [0, 0.05) is 10.6 Å². The monoisotopic (exact) mass is 649 g/mol. The van der Waals surface area contributed by atoms with Gasteiger partial charge < -0.3 is 4.74 Å². The van der Waals surface area contributed by atoms with Crippen LogP contribution in [0.15, 0.2) is 91.0 Å². The van der Waals surface area contributed by atoms with Crippen LogP contribution in [0.3, 0.4) is 0 Å². The molecule has 2 amide bonds. The standard InChI is InChI=1S/C33H19Cl4NO5/c34-18-11-14-20(25(35)15-18)26(39)16-43-31(42)17-9-12-19(13-10-17)38-29(40)27-28(30(38)41)33(37)22-6-2-1-5-21(22)32(27,36)23-7-3-4-8-24(23)33/h1-15,27-28H,16H2/t27-,28+,32?,33?. The summed E-state index contributed by atoms with van der Waals surface area (Å²) in [5.74, 6) is -4.09. The Morgan fingerprint density at radius 2 is 1.21 bits per heavy atom. The zero-order valence-electron chi connectivity index (χ0n) is 22.0. The molecular formula is C33H19Cl4NO5. The molecule has 1 saturated heterocycles. The number of ketones is 1. The van der Waals surface area contributed by atoms with E-state index in [0.29, 0.717) is 27.3 Å². The van der Waals surface area contributed by atoms with Crippen LogP contribution in [0, 0.1) is 11.8 Å². The summed E-state index contributed by atoms with van der Waals surface area (Å²) in [5, 5.41) is 0.521. The number of hydrogen-bond acceptors (Lipinski definition) is 5. The van der Waals surface area contributed by atoms with E-state index in [9.17, 15) is 19.2 Å². The van der Waals surface area contributed by atoms with Crippen molar-refractivity contribution in [3.63, 3.8) is 0 Å². The van der Waals surface area contributed by atoms with E-state index in [0.717, 1.165) is 4.90 Å². The molecule has 214 valence electrons. The van der Waals surface area contributed by atoms with Gasteiger partial charge in [-0.1, -0.05) is 71.7 Å². The highest BCUT2D eigenvalue weighted by molar-refractivity contribution is 6.39. The molecule has 0 N–H and O–H groups in total. The molecule has 8 rings (SSSR count). The van der Waals surface area contributed by atoms with Crippen LogP contribution in [-0.2, 0) is 24.1 Å². The van der Waals surface area contributed by atoms with Crippen molar-refractivity contribution in [2.45, 2.75) is 9.75 Å². The second-order valence-electron chi connectivity index (χ2n) is 10.7. The van der Waals surface area contributed by atoms with E-state index in [-0.39, 0.29) is 21.8 Å². The average Bonchev–Trinajstić information content (AvgIpc) is 3.29. The number of nitrogens with zero attached hydrogens (tertiary/aromatic N) is 1. The molecule has 0 unspecified atom stereocenters. The van der Waals surface area contributed by atoms with Gasteiger partial charge in [-0.05, 0) is 64.7 Å². The number of imide groups is 1. The number of halogens is 4. The lowest BCUT2D eigenvalue weighted by atomic mass is 9.54. The molecule has 43 heavy (non-hydrogen) atoms. The van der Waals surface area contributed by atoms with E-state index in [1.807, 2.05) is 48.5 Å². The summed E-state index contributed by atoms with van der Waals surface area (Å²) in [6.07, 6.45) is 0. The molecule has 4 aromatic rings. The lowest BCUT2D eigenvalue weighted by molar-refractivity contribution is -0.122. The van der Waals surface area contributed by atoms with Gasteiger partial charge >= 0.3 is 5.97 Å². The summed E-state index contributed by atoms with van der Waals surface area (Å²) in [4.78, 5) is 51.9. The fraction of sp³-hybridized carbons (Fsp3) is 0.152. The molecule has 1 fully saturated rings. The summed E-state index contributed by atoms with van der Waals surface area (Å²) in [6, 6.07) is 25.0. The number of rotatable bonds is 5. The highest BCUT2D eigenvalue weighted by Crippen LogP contribution is 2.69. The summed E-state index contributed by atoms with van der Waals surface area (Å²) in [5.41, 5.74) is 3.40. The molecule has 10 heteroatoms. The van der Waals surface area contributed by atoms with E-state index in [2.05, 4.69) is 0 Å². The number of alkyl halides is 2. The van der Waals surface area contributed by atoms with Crippen molar-refractivity contribution >= 4 is 75.7 Å². The first-order valence-corrected chi connectivity index (χ1v) is 14.8. The van der Waals surface area contributed by atoms with Gasteiger partial charge in [0.15, 0.2) is 6.61 Å². The van der Waals surface area contributed by atoms with Gasteiger partial charge in [0.2, 0.25) is 17.6 Å². The zero-order valence-corrected chi connectivity index (χ0v) is 25.0. The first-order chi connectivity index (χ1) is 20.6. The van der Waals surface area contributed by atoms with Crippen LogP contribution in [-0.4, -0.2) is 30.2 Å². The Morgan fingerprint density at radius 3 is 1.67 bits per heavy atom. The number of hydrogen-bond donors (Lipinski definition) is 0. The molecule has 0 saturated carbocycles. The van der Waals surface area contributed by atoms with Gasteiger partial charge in [-0.15, -0.1) is 23.2 Å². The first kappa shape index (κ1) is 28.1. The largest absolute Gasteiger partial charge is 0.454 e. The maximum Gasteiger partial charge on any atom is 0.338 e. The lowest BCUT2D eigenvalue weighted by Gasteiger charge is -2.54. The molecule has 1 heterocycles. The number of ether oxygens (including phenoxy) is 1. The summed E-state index contributed by atoms with van der Waals surface area (Å²) >= 11 is 26.9. The normalized spacial score (nSPS) is 24.8. The van der Waals surface area contributed by atoms with Gasteiger partial charge in [0.25, 0.3) is 0 Å². The van der Waals surface area contributed by atoms with Crippen LogP contribution in [0.25, 0.3) is 0 Å². The number of Topliss-reactive ketones (excluding diaryl/α,β-unsaturated/α-hetero) is 1. The number of esters is 1. The summed E-state index contributed by atoms with van der Waals surface area (Å²) in [7, 11) is 0. The van der Waals surface area contributed by atoms with Crippen LogP contribution < -0.4 is 4.90 Å². The molecule has 2 atom stereocenters. The van der Waals surface area contributed by atoms with Crippen molar-refractivity contribution in [1.82, 2.24) is 0 Å². The predicted octanol–water partition coefficient (Wildman–Crippen LogP) is 7.13. The Labute approximate surface area is 266 Å².